The van der Waals surface area contributed by atoms with Crippen molar-refractivity contribution in [3.63, 3.8) is 0 Å². The third kappa shape index (κ3) is 4.54. The largest absolute Gasteiger partial charge is 0.872 e. The van der Waals surface area contributed by atoms with Crippen molar-refractivity contribution in [2.75, 3.05) is 13.2 Å². The van der Waals surface area contributed by atoms with Crippen molar-refractivity contribution >= 4 is 23.0 Å². The number of nitrogens with zero attached hydrogens (tertiary/aromatic N) is 1. The Morgan fingerprint density at radius 3 is 2.95 bits per heavy atom. The van der Waals surface area contributed by atoms with Gasteiger partial charge in [-0.15, -0.1) is 5.75 Å². The van der Waals surface area contributed by atoms with Gasteiger partial charge in [0.1, 0.15) is 0 Å². The van der Waals surface area contributed by atoms with Gasteiger partial charge in [0.2, 0.25) is 0 Å². The molecule has 1 atom stereocenters. The number of thiocarbonyl (C=S) groups is 1. The lowest BCUT2D eigenvalue weighted by Gasteiger charge is -2.16. The molecular formula is C13H16N3O4S-. The Bertz CT molecular complexity index is 532. The molecule has 0 bridgehead atoms. The summed E-state index contributed by atoms with van der Waals surface area (Å²) in [6, 6.07) is 3.65. The number of benzene rings is 1. The van der Waals surface area contributed by atoms with Gasteiger partial charge >= 0.3 is 0 Å². The van der Waals surface area contributed by atoms with Crippen molar-refractivity contribution in [2.24, 2.45) is 0 Å². The molecular weight excluding hydrogens is 294 g/mol. The number of nitrogens with one attached hydrogen (secondary N) is 2. The monoisotopic (exact) mass is 310 g/mol. The van der Waals surface area contributed by atoms with Crippen LogP contribution in [-0.2, 0) is 11.3 Å². The molecule has 0 aromatic heterocycles. The van der Waals surface area contributed by atoms with E-state index in [1.165, 1.54) is 18.2 Å². The van der Waals surface area contributed by atoms with Crippen LogP contribution in [0, 0.1) is 10.1 Å². The molecule has 1 saturated heterocycles. The number of rotatable bonds is 5. The summed E-state index contributed by atoms with van der Waals surface area (Å²) >= 11 is 5.10. The van der Waals surface area contributed by atoms with Crippen LogP contribution in [0.15, 0.2) is 18.2 Å². The van der Waals surface area contributed by atoms with Gasteiger partial charge in [-0.1, -0.05) is 6.07 Å². The quantitative estimate of drug-likeness (QED) is 0.471. The van der Waals surface area contributed by atoms with E-state index in [0.29, 0.717) is 17.2 Å². The number of hydrogen-bond donors (Lipinski definition) is 2. The maximum Gasteiger partial charge on any atom is 0.269 e. The molecule has 1 aromatic carbocycles. The molecule has 7 nitrogen and oxygen atoms in total. The van der Waals surface area contributed by atoms with Crippen molar-refractivity contribution in [3.05, 3.63) is 33.9 Å². The van der Waals surface area contributed by atoms with Crippen LogP contribution in [0.3, 0.4) is 0 Å². The number of nitro benzene ring substituents is 1. The average Bonchev–Trinajstić information content (AvgIpc) is 2.97. The molecule has 8 heteroatoms. The van der Waals surface area contributed by atoms with Crippen LogP contribution in [0.1, 0.15) is 18.4 Å². The second-order valence-electron chi connectivity index (χ2n) is 4.75. The lowest BCUT2D eigenvalue weighted by Crippen LogP contribution is -2.39. The highest BCUT2D eigenvalue weighted by atomic mass is 32.1. The van der Waals surface area contributed by atoms with Gasteiger partial charge in [-0.25, -0.2) is 0 Å². The number of ether oxygens (including phenoxy) is 1. The number of nitro groups is 1. The van der Waals surface area contributed by atoms with Crippen molar-refractivity contribution in [3.8, 4) is 5.75 Å². The van der Waals surface area contributed by atoms with E-state index in [0.717, 1.165) is 19.4 Å². The highest BCUT2D eigenvalue weighted by Crippen LogP contribution is 2.20. The Kier molecular flexibility index (Phi) is 5.29. The summed E-state index contributed by atoms with van der Waals surface area (Å²) in [6.07, 6.45) is 2.22. The average molecular weight is 310 g/mol. The molecule has 1 fully saturated rings. The SMILES string of the molecule is O=[N+]([O-])c1ccc([O-])c(CNC(=S)NC[C@H]2CCCO2)c1. The zero-order chi connectivity index (χ0) is 15.2. The summed E-state index contributed by atoms with van der Waals surface area (Å²) in [6.45, 7) is 1.54. The molecule has 21 heavy (non-hydrogen) atoms. The normalized spacial score (nSPS) is 17.4. The van der Waals surface area contributed by atoms with Crippen LogP contribution in [0.4, 0.5) is 5.69 Å². The van der Waals surface area contributed by atoms with Crippen molar-refractivity contribution in [1.29, 1.82) is 0 Å². The summed E-state index contributed by atoms with van der Waals surface area (Å²) in [7, 11) is 0. The molecule has 114 valence electrons. The summed E-state index contributed by atoms with van der Waals surface area (Å²) < 4.78 is 5.45. The third-order valence-corrected chi connectivity index (χ3v) is 3.50. The van der Waals surface area contributed by atoms with E-state index in [1.54, 1.807) is 0 Å². The van der Waals surface area contributed by atoms with Crippen molar-refractivity contribution < 1.29 is 14.8 Å². The number of non-ortho nitro benzene ring substituents is 1. The maximum absolute atomic E-state index is 11.6. The minimum Gasteiger partial charge on any atom is -0.872 e. The van der Waals surface area contributed by atoms with E-state index in [-0.39, 0.29) is 24.1 Å². The standard InChI is InChI=1S/C13H17N3O4S/c17-12-4-3-10(16(18)19)6-9(12)7-14-13(21)15-8-11-2-1-5-20-11/h3-4,6,11,17H,1-2,5,7-8H2,(H2,14,15,21)/p-1/t11-/m1/s1. The van der Waals surface area contributed by atoms with E-state index < -0.39 is 4.92 Å². The van der Waals surface area contributed by atoms with Crippen molar-refractivity contribution in [2.45, 2.75) is 25.5 Å². The van der Waals surface area contributed by atoms with E-state index in [4.69, 9.17) is 17.0 Å². The summed E-state index contributed by atoms with van der Waals surface area (Å²) in [5.41, 5.74) is 0.204. The van der Waals surface area contributed by atoms with Gasteiger partial charge in [0, 0.05) is 31.8 Å². The lowest BCUT2D eigenvalue weighted by molar-refractivity contribution is -0.385. The van der Waals surface area contributed by atoms with Crippen molar-refractivity contribution in [1.82, 2.24) is 10.6 Å². The van der Waals surface area contributed by atoms with Gasteiger partial charge in [-0.05, 0) is 30.6 Å². The summed E-state index contributed by atoms with van der Waals surface area (Å²) in [5, 5.41) is 28.6. The Hall–Kier alpha value is -1.93. The van der Waals surface area contributed by atoms with Gasteiger partial charge in [0.25, 0.3) is 5.69 Å². The van der Waals surface area contributed by atoms with Crippen LogP contribution in [0.25, 0.3) is 0 Å². The molecule has 0 amide bonds. The van der Waals surface area contributed by atoms with Gasteiger partial charge < -0.3 is 20.5 Å². The molecule has 1 heterocycles. The van der Waals surface area contributed by atoms with Gasteiger partial charge in [0.15, 0.2) is 5.11 Å². The predicted octanol–water partition coefficient (Wildman–Crippen LogP) is 0.811. The fourth-order valence-electron chi connectivity index (χ4n) is 2.07. The number of hydrogen-bond acceptors (Lipinski definition) is 5. The van der Waals surface area contributed by atoms with Crippen LogP contribution in [0.5, 0.6) is 5.75 Å². The fraction of sp³-hybridized carbons (Fsp3) is 0.462. The third-order valence-electron chi connectivity index (χ3n) is 3.21. The Morgan fingerprint density at radius 2 is 2.29 bits per heavy atom. The van der Waals surface area contributed by atoms with E-state index >= 15 is 0 Å². The Morgan fingerprint density at radius 1 is 1.48 bits per heavy atom. The van der Waals surface area contributed by atoms with E-state index in [1.807, 2.05) is 0 Å². The molecule has 0 spiro atoms. The first-order chi connectivity index (χ1) is 10.1. The molecule has 1 aromatic rings. The molecule has 0 aliphatic carbocycles. The zero-order valence-corrected chi connectivity index (χ0v) is 12.1. The van der Waals surface area contributed by atoms with Gasteiger partial charge in [-0.2, -0.15) is 0 Å². The van der Waals surface area contributed by atoms with E-state index in [2.05, 4.69) is 10.6 Å². The first-order valence-electron chi connectivity index (χ1n) is 6.64. The van der Waals surface area contributed by atoms with Gasteiger partial charge in [0.05, 0.1) is 11.0 Å². The molecule has 1 aliphatic rings. The Labute approximate surface area is 127 Å². The summed E-state index contributed by atoms with van der Waals surface area (Å²) in [5.74, 6) is -0.255. The molecule has 0 unspecified atom stereocenters. The second kappa shape index (κ2) is 7.19. The van der Waals surface area contributed by atoms with Crippen LogP contribution < -0.4 is 15.7 Å². The predicted molar refractivity (Wildman–Crippen MR) is 79.0 cm³/mol. The van der Waals surface area contributed by atoms with Gasteiger partial charge in [-0.3, -0.25) is 10.1 Å². The van der Waals surface area contributed by atoms with Crippen LogP contribution >= 0.6 is 12.2 Å². The fourth-order valence-corrected chi connectivity index (χ4v) is 2.22. The first-order valence-corrected chi connectivity index (χ1v) is 7.04. The smallest absolute Gasteiger partial charge is 0.269 e. The Balaban J connectivity index is 1.82. The minimum atomic E-state index is -0.531. The highest BCUT2D eigenvalue weighted by Gasteiger charge is 2.15. The molecule has 1 aliphatic heterocycles. The maximum atomic E-state index is 11.6. The topological polar surface area (TPSA) is 99.5 Å². The highest BCUT2D eigenvalue weighted by molar-refractivity contribution is 7.80. The second-order valence-corrected chi connectivity index (χ2v) is 5.16. The molecule has 0 saturated carbocycles. The van der Waals surface area contributed by atoms with E-state index in [9.17, 15) is 15.2 Å². The molecule has 2 N–H and O–H groups in total. The minimum absolute atomic E-state index is 0.107. The molecule has 2 rings (SSSR count). The first kappa shape index (κ1) is 15.5. The van der Waals surface area contributed by atoms with Crippen LogP contribution in [0.2, 0.25) is 0 Å². The summed E-state index contributed by atoms with van der Waals surface area (Å²) in [4.78, 5) is 10.2. The lowest BCUT2D eigenvalue weighted by atomic mass is 10.2. The van der Waals surface area contributed by atoms with Crippen LogP contribution in [-0.4, -0.2) is 29.3 Å². The molecule has 0 radical (unpaired) electrons. The zero-order valence-electron chi connectivity index (χ0n) is 11.3.